The number of hydrogen-bond donors (Lipinski definition) is 2. The molecule has 2 N–H and O–H groups in total. The van der Waals surface area contributed by atoms with Crippen molar-refractivity contribution in [3.63, 3.8) is 0 Å². The van der Waals surface area contributed by atoms with Crippen LogP contribution in [0.5, 0.6) is 0 Å². The second-order valence-corrected chi connectivity index (χ2v) is 4.89. The van der Waals surface area contributed by atoms with Gasteiger partial charge in [0.1, 0.15) is 5.60 Å². The van der Waals surface area contributed by atoms with E-state index in [2.05, 4.69) is 5.48 Å². The Bertz CT molecular complexity index is 447. The second-order valence-electron chi connectivity index (χ2n) is 4.89. The molecule has 0 saturated carbocycles. The Balaban J connectivity index is 2.37. The number of carboxylic acids is 1. The highest BCUT2D eigenvalue weighted by atomic mass is 16.7. The lowest BCUT2D eigenvalue weighted by Crippen LogP contribution is -2.32. The van der Waals surface area contributed by atoms with Crippen LogP contribution in [-0.2, 0) is 16.2 Å². The molecule has 6 heteroatoms. The quantitative estimate of drug-likeness (QED) is 0.818. The molecule has 1 amide bonds. The van der Waals surface area contributed by atoms with Crippen molar-refractivity contribution in [3.05, 3.63) is 35.4 Å². The first-order valence-electron chi connectivity index (χ1n) is 5.71. The Morgan fingerprint density at radius 2 is 1.79 bits per heavy atom. The number of amides is 1. The molecule has 0 spiro atoms. The smallest absolute Gasteiger partial charge is 0.431 e. The van der Waals surface area contributed by atoms with Gasteiger partial charge in [-0.2, -0.15) is 5.48 Å². The van der Waals surface area contributed by atoms with E-state index in [1.165, 1.54) is 12.1 Å². The number of nitrogens with one attached hydrogen (secondary N) is 1. The summed E-state index contributed by atoms with van der Waals surface area (Å²) in [4.78, 5) is 26.9. The Morgan fingerprint density at radius 3 is 2.26 bits per heavy atom. The van der Waals surface area contributed by atoms with E-state index in [1.807, 2.05) is 0 Å². The molecule has 1 rings (SSSR count). The van der Waals surface area contributed by atoms with Crippen LogP contribution in [-0.4, -0.2) is 22.8 Å². The molecule has 0 radical (unpaired) electrons. The van der Waals surface area contributed by atoms with Crippen LogP contribution in [0.4, 0.5) is 4.79 Å². The summed E-state index contributed by atoms with van der Waals surface area (Å²) in [7, 11) is 0. The van der Waals surface area contributed by atoms with E-state index in [4.69, 9.17) is 14.7 Å². The molecule has 0 aliphatic carbocycles. The molecule has 6 nitrogen and oxygen atoms in total. The summed E-state index contributed by atoms with van der Waals surface area (Å²) in [6.07, 6.45) is -0.672. The maximum absolute atomic E-state index is 11.3. The molecule has 1 aromatic carbocycles. The lowest BCUT2D eigenvalue weighted by Gasteiger charge is -2.19. The van der Waals surface area contributed by atoms with E-state index in [0.29, 0.717) is 0 Å². The SMILES string of the molecule is CC(C)(C)OC(=O)NOCc1ccc(C(=O)O)cc1. The summed E-state index contributed by atoms with van der Waals surface area (Å²) >= 11 is 0. The highest BCUT2D eigenvalue weighted by Gasteiger charge is 2.15. The van der Waals surface area contributed by atoms with E-state index in [1.54, 1.807) is 32.9 Å². The number of hydroxylamine groups is 1. The van der Waals surface area contributed by atoms with Crippen molar-refractivity contribution in [1.82, 2.24) is 5.48 Å². The van der Waals surface area contributed by atoms with Crippen molar-refractivity contribution in [2.45, 2.75) is 33.0 Å². The van der Waals surface area contributed by atoms with Crippen LogP contribution < -0.4 is 5.48 Å². The van der Waals surface area contributed by atoms with Crippen LogP contribution in [0.25, 0.3) is 0 Å². The first-order valence-corrected chi connectivity index (χ1v) is 5.71. The molecule has 19 heavy (non-hydrogen) atoms. The number of rotatable bonds is 4. The number of ether oxygens (including phenoxy) is 1. The Labute approximate surface area is 111 Å². The zero-order chi connectivity index (χ0) is 14.5. The molecule has 0 heterocycles. The van der Waals surface area contributed by atoms with Crippen LogP contribution >= 0.6 is 0 Å². The van der Waals surface area contributed by atoms with Gasteiger partial charge in [-0.25, -0.2) is 9.59 Å². The van der Waals surface area contributed by atoms with Crippen molar-refractivity contribution in [2.24, 2.45) is 0 Å². The summed E-state index contributed by atoms with van der Waals surface area (Å²) in [6, 6.07) is 6.16. The molecule has 0 unspecified atom stereocenters. The van der Waals surface area contributed by atoms with Gasteiger partial charge in [-0.05, 0) is 38.5 Å². The number of hydrogen-bond acceptors (Lipinski definition) is 4. The van der Waals surface area contributed by atoms with Crippen LogP contribution in [0.1, 0.15) is 36.7 Å². The third kappa shape index (κ3) is 5.87. The van der Waals surface area contributed by atoms with Crippen LogP contribution in [0.2, 0.25) is 0 Å². The number of carboxylic acid groups (broad SMARTS) is 1. The van der Waals surface area contributed by atoms with Crippen molar-refractivity contribution in [3.8, 4) is 0 Å². The van der Waals surface area contributed by atoms with Crippen LogP contribution in [0.15, 0.2) is 24.3 Å². The van der Waals surface area contributed by atoms with Crippen molar-refractivity contribution in [2.75, 3.05) is 0 Å². The maximum atomic E-state index is 11.3. The Morgan fingerprint density at radius 1 is 1.21 bits per heavy atom. The molecule has 0 fully saturated rings. The summed E-state index contributed by atoms with van der Waals surface area (Å²) in [6.45, 7) is 5.37. The molecule has 104 valence electrons. The zero-order valence-electron chi connectivity index (χ0n) is 11.1. The van der Waals surface area contributed by atoms with Crippen molar-refractivity contribution in [1.29, 1.82) is 0 Å². The van der Waals surface area contributed by atoms with Gasteiger partial charge >= 0.3 is 12.1 Å². The van der Waals surface area contributed by atoms with Gasteiger partial charge in [-0.1, -0.05) is 12.1 Å². The highest BCUT2D eigenvalue weighted by molar-refractivity contribution is 5.87. The van der Waals surface area contributed by atoms with E-state index >= 15 is 0 Å². The minimum Gasteiger partial charge on any atom is -0.478 e. The van der Waals surface area contributed by atoms with Gasteiger partial charge in [0.15, 0.2) is 0 Å². The second kappa shape index (κ2) is 6.19. The lowest BCUT2D eigenvalue weighted by atomic mass is 10.1. The summed E-state index contributed by atoms with van der Waals surface area (Å²) in [5.74, 6) is -0.987. The van der Waals surface area contributed by atoms with Crippen molar-refractivity contribution < 1.29 is 24.3 Å². The van der Waals surface area contributed by atoms with Gasteiger partial charge in [0.25, 0.3) is 0 Å². The molecule has 0 saturated heterocycles. The average molecular weight is 267 g/mol. The van der Waals surface area contributed by atoms with E-state index in [-0.39, 0.29) is 12.2 Å². The predicted octanol–water partition coefficient (Wildman–Crippen LogP) is 2.34. The fourth-order valence-electron chi connectivity index (χ4n) is 1.22. The number of carbonyl (C=O) groups is 2. The van der Waals surface area contributed by atoms with Gasteiger partial charge in [0.05, 0.1) is 12.2 Å². The molecule has 0 aliphatic heterocycles. The fourth-order valence-corrected chi connectivity index (χ4v) is 1.22. The summed E-state index contributed by atoms with van der Waals surface area (Å²) < 4.78 is 4.97. The number of carbonyl (C=O) groups excluding carboxylic acids is 1. The first kappa shape index (κ1) is 15.0. The number of aromatic carboxylic acids is 1. The third-order valence-electron chi connectivity index (χ3n) is 1.99. The third-order valence-corrected chi connectivity index (χ3v) is 1.99. The minimum absolute atomic E-state index is 0.124. The largest absolute Gasteiger partial charge is 0.478 e. The Hall–Kier alpha value is -2.08. The van der Waals surface area contributed by atoms with Gasteiger partial charge in [0.2, 0.25) is 0 Å². The molecule has 0 bridgehead atoms. The molecular formula is C13H17NO5. The summed E-state index contributed by atoms with van der Waals surface area (Å²) in [5.41, 5.74) is 2.50. The van der Waals surface area contributed by atoms with Gasteiger partial charge in [0, 0.05) is 0 Å². The standard InChI is InChI=1S/C13H17NO5/c1-13(2,3)19-12(17)14-18-8-9-4-6-10(7-5-9)11(15)16/h4-7H,8H2,1-3H3,(H,14,17)(H,15,16). The van der Waals surface area contributed by atoms with E-state index in [9.17, 15) is 9.59 Å². The molecule has 0 aliphatic rings. The van der Waals surface area contributed by atoms with Crippen molar-refractivity contribution >= 4 is 12.1 Å². The minimum atomic E-state index is -0.987. The zero-order valence-corrected chi connectivity index (χ0v) is 11.1. The topological polar surface area (TPSA) is 84.9 Å². The van der Waals surface area contributed by atoms with Gasteiger partial charge < -0.3 is 9.84 Å². The summed E-state index contributed by atoms with van der Waals surface area (Å²) in [5, 5.41) is 8.73. The van der Waals surface area contributed by atoms with Gasteiger partial charge in [-0.3, -0.25) is 4.84 Å². The molecule has 0 atom stereocenters. The van der Waals surface area contributed by atoms with Crippen LogP contribution in [0.3, 0.4) is 0 Å². The predicted molar refractivity (Wildman–Crippen MR) is 67.6 cm³/mol. The fraction of sp³-hybridized carbons (Fsp3) is 0.385. The maximum Gasteiger partial charge on any atom is 0.431 e. The molecule has 1 aromatic rings. The first-order chi connectivity index (χ1) is 8.78. The number of benzene rings is 1. The highest BCUT2D eigenvalue weighted by Crippen LogP contribution is 2.07. The molecule has 0 aromatic heterocycles. The van der Waals surface area contributed by atoms with E-state index < -0.39 is 17.7 Å². The monoisotopic (exact) mass is 267 g/mol. The normalized spacial score (nSPS) is 10.9. The van der Waals surface area contributed by atoms with E-state index in [0.717, 1.165) is 5.56 Å². The van der Waals surface area contributed by atoms with Gasteiger partial charge in [-0.15, -0.1) is 0 Å². The Kier molecular flexibility index (Phi) is 4.88. The van der Waals surface area contributed by atoms with Crippen LogP contribution in [0, 0.1) is 0 Å². The molecular weight excluding hydrogens is 250 g/mol. The average Bonchev–Trinajstić information content (AvgIpc) is 2.27. The lowest BCUT2D eigenvalue weighted by molar-refractivity contribution is -0.0137.